The predicted octanol–water partition coefficient (Wildman–Crippen LogP) is 1.88. The average Bonchev–Trinajstić information content (AvgIpc) is 3.24. The van der Waals surface area contributed by atoms with Crippen molar-refractivity contribution in [3.8, 4) is 5.75 Å². The lowest BCUT2D eigenvalue weighted by Crippen LogP contribution is -2.45. The molecule has 3 rings (SSSR count). The van der Waals surface area contributed by atoms with E-state index in [-0.39, 0.29) is 6.04 Å². The summed E-state index contributed by atoms with van der Waals surface area (Å²) in [6.07, 6.45) is 0. The third-order valence-corrected chi connectivity index (χ3v) is 5.13. The summed E-state index contributed by atoms with van der Waals surface area (Å²) in [5, 5.41) is 9.44. The SMILES string of the molecule is COc1ccc(NC(=O)C(=O)NCC(c2ccsc2)N2CCOCC2)cc1. The number of ether oxygens (including phenoxy) is 2. The van der Waals surface area contributed by atoms with E-state index in [9.17, 15) is 9.59 Å². The van der Waals surface area contributed by atoms with Crippen LogP contribution in [0.2, 0.25) is 0 Å². The third-order valence-electron chi connectivity index (χ3n) is 4.42. The van der Waals surface area contributed by atoms with Crippen molar-refractivity contribution >= 4 is 28.8 Å². The van der Waals surface area contributed by atoms with Crippen LogP contribution in [0, 0.1) is 0 Å². The van der Waals surface area contributed by atoms with E-state index in [4.69, 9.17) is 9.47 Å². The van der Waals surface area contributed by atoms with E-state index in [1.54, 1.807) is 42.7 Å². The number of methoxy groups -OCH3 is 1. The van der Waals surface area contributed by atoms with Gasteiger partial charge in [-0.1, -0.05) is 0 Å². The number of hydrogen-bond donors (Lipinski definition) is 2. The molecule has 0 aliphatic carbocycles. The van der Waals surface area contributed by atoms with Crippen molar-refractivity contribution in [1.29, 1.82) is 0 Å². The fourth-order valence-electron chi connectivity index (χ4n) is 2.94. The first-order valence-electron chi connectivity index (χ1n) is 8.74. The van der Waals surface area contributed by atoms with Crippen molar-refractivity contribution in [2.75, 3.05) is 45.3 Å². The Morgan fingerprint density at radius 1 is 1.19 bits per heavy atom. The Bertz CT molecular complexity index is 743. The molecule has 1 aromatic heterocycles. The Labute approximate surface area is 162 Å². The topological polar surface area (TPSA) is 79.9 Å². The summed E-state index contributed by atoms with van der Waals surface area (Å²) in [6.45, 7) is 3.31. The fourth-order valence-corrected chi connectivity index (χ4v) is 3.65. The number of carbonyl (C=O) groups is 2. The summed E-state index contributed by atoms with van der Waals surface area (Å²) in [6, 6.07) is 8.89. The average molecular weight is 389 g/mol. The number of nitrogens with one attached hydrogen (secondary N) is 2. The number of hydrogen-bond acceptors (Lipinski definition) is 6. The van der Waals surface area contributed by atoms with Gasteiger partial charge in [-0.2, -0.15) is 11.3 Å². The summed E-state index contributed by atoms with van der Waals surface area (Å²) in [5.74, 6) is -0.660. The number of carbonyl (C=O) groups excluding carboxylic acids is 2. The molecule has 1 aromatic carbocycles. The third kappa shape index (κ3) is 5.29. The molecule has 2 aromatic rings. The monoisotopic (exact) mass is 389 g/mol. The zero-order valence-electron chi connectivity index (χ0n) is 15.1. The van der Waals surface area contributed by atoms with E-state index in [0.717, 1.165) is 18.7 Å². The van der Waals surface area contributed by atoms with Gasteiger partial charge in [-0.25, -0.2) is 0 Å². The van der Waals surface area contributed by atoms with E-state index in [0.29, 0.717) is 31.2 Å². The van der Waals surface area contributed by atoms with Gasteiger partial charge in [0, 0.05) is 25.3 Å². The minimum Gasteiger partial charge on any atom is -0.497 e. The highest BCUT2D eigenvalue weighted by Crippen LogP contribution is 2.23. The number of morpholine rings is 1. The predicted molar refractivity (Wildman–Crippen MR) is 104 cm³/mol. The van der Waals surface area contributed by atoms with E-state index < -0.39 is 11.8 Å². The minimum atomic E-state index is -0.689. The van der Waals surface area contributed by atoms with E-state index in [2.05, 4.69) is 20.9 Å². The molecule has 1 aliphatic rings. The van der Waals surface area contributed by atoms with Gasteiger partial charge in [0.15, 0.2) is 0 Å². The van der Waals surface area contributed by atoms with Crippen molar-refractivity contribution in [3.05, 3.63) is 46.7 Å². The van der Waals surface area contributed by atoms with Crippen LogP contribution >= 0.6 is 11.3 Å². The number of amides is 2. The van der Waals surface area contributed by atoms with Crippen LogP contribution in [-0.4, -0.2) is 56.7 Å². The second kappa shape index (κ2) is 9.50. The van der Waals surface area contributed by atoms with Gasteiger partial charge in [-0.3, -0.25) is 14.5 Å². The highest BCUT2D eigenvalue weighted by Gasteiger charge is 2.24. The summed E-state index contributed by atoms with van der Waals surface area (Å²) in [5.41, 5.74) is 1.68. The van der Waals surface area contributed by atoms with Gasteiger partial charge in [-0.05, 0) is 46.7 Å². The van der Waals surface area contributed by atoms with Crippen molar-refractivity contribution in [2.45, 2.75) is 6.04 Å². The van der Waals surface area contributed by atoms with Gasteiger partial charge >= 0.3 is 11.8 Å². The lowest BCUT2D eigenvalue weighted by molar-refractivity contribution is -0.136. The molecule has 2 heterocycles. The molecule has 1 aliphatic heterocycles. The van der Waals surface area contributed by atoms with Gasteiger partial charge in [0.05, 0.1) is 26.4 Å². The highest BCUT2D eigenvalue weighted by molar-refractivity contribution is 7.08. The molecule has 144 valence electrons. The summed E-state index contributed by atoms with van der Waals surface area (Å²) >= 11 is 1.62. The molecule has 0 radical (unpaired) electrons. The zero-order valence-corrected chi connectivity index (χ0v) is 16.0. The van der Waals surface area contributed by atoms with Crippen LogP contribution in [-0.2, 0) is 14.3 Å². The highest BCUT2D eigenvalue weighted by atomic mass is 32.1. The summed E-state index contributed by atoms with van der Waals surface area (Å²) in [4.78, 5) is 26.7. The summed E-state index contributed by atoms with van der Waals surface area (Å²) < 4.78 is 10.5. The van der Waals surface area contributed by atoms with Crippen LogP contribution < -0.4 is 15.4 Å². The molecule has 7 nitrogen and oxygen atoms in total. The molecule has 1 fully saturated rings. The first-order chi connectivity index (χ1) is 13.2. The van der Waals surface area contributed by atoms with E-state index in [1.165, 1.54) is 0 Å². The van der Waals surface area contributed by atoms with Crippen molar-refractivity contribution in [3.63, 3.8) is 0 Å². The normalized spacial score (nSPS) is 15.7. The van der Waals surface area contributed by atoms with E-state index >= 15 is 0 Å². The molecule has 8 heteroatoms. The molecule has 2 N–H and O–H groups in total. The van der Waals surface area contributed by atoms with Crippen LogP contribution in [0.1, 0.15) is 11.6 Å². The van der Waals surface area contributed by atoms with Crippen molar-refractivity contribution in [2.24, 2.45) is 0 Å². The molecule has 1 unspecified atom stereocenters. The lowest BCUT2D eigenvalue weighted by Gasteiger charge is -2.34. The zero-order chi connectivity index (χ0) is 19.1. The molecule has 1 saturated heterocycles. The summed E-state index contributed by atoms with van der Waals surface area (Å²) in [7, 11) is 1.57. The van der Waals surface area contributed by atoms with Crippen LogP contribution in [0.3, 0.4) is 0 Å². The Morgan fingerprint density at radius 3 is 2.56 bits per heavy atom. The van der Waals surface area contributed by atoms with Gasteiger partial charge in [0.1, 0.15) is 5.75 Å². The van der Waals surface area contributed by atoms with E-state index in [1.807, 2.05) is 11.4 Å². The van der Waals surface area contributed by atoms with Crippen molar-refractivity contribution in [1.82, 2.24) is 10.2 Å². The molecule has 2 amide bonds. The van der Waals surface area contributed by atoms with Crippen LogP contribution in [0.5, 0.6) is 5.75 Å². The number of anilines is 1. The van der Waals surface area contributed by atoms with Crippen LogP contribution in [0.4, 0.5) is 5.69 Å². The minimum absolute atomic E-state index is 0.0258. The molecular formula is C19H23N3O4S. The maximum atomic E-state index is 12.2. The van der Waals surface area contributed by atoms with Gasteiger partial charge in [-0.15, -0.1) is 0 Å². The molecule has 0 spiro atoms. The second-order valence-electron chi connectivity index (χ2n) is 6.11. The van der Waals surface area contributed by atoms with Crippen LogP contribution in [0.25, 0.3) is 0 Å². The Kier molecular flexibility index (Phi) is 6.80. The first-order valence-corrected chi connectivity index (χ1v) is 9.69. The second-order valence-corrected chi connectivity index (χ2v) is 6.89. The Hall–Kier alpha value is -2.42. The quantitative estimate of drug-likeness (QED) is 0.738. The fraction of sp³-hybridized carbons (Fsp3) is 0.368. The lowest BCUT2D eigenvalue weighted by atomic mass is 10.1. The van der Waals surface area contributed by atoms with Gasteiger partial charge < -0.3 is 20.1 Å². The largest absolute Gasteiger partial charge is 0.497 e. The Balaban J connectivity index is 1.57. The van der Waals surface area contributed by atoms with Crippen molar-refractivity contribution < 1.29 is 19.1 Å². The molecular weight excluding hydrogens is 366 g/mol. The molecule has 27 heavy (non-hydrogen) atoms. The first kappa shape index (κ1) is 19.3. The molecule has 0 bridgehead atoms. The number of thiophene rings is 1. The van der Waals surface area contributed by atoms with Gasteiger partial charge in [0.2, 0.25) is 0 Å². The molecule has 0 saturated carbocycles. The van der Waals surface area contributed by atoms with Gasteiger partial charge in [0.25, 0.3) is 0 Å². The smallest absolute Gasteiger partial charge is 0.313 e. The maximum Gasteiger partial charge on any atom is 0.313 e. The van der Waals surface area contributed by atoms with Crippen LogP contribution in [0.15, 0.2) is 41.1 Å². The Morgan fingerprint density at radius 2 is 1.93 bits per heavy atom. The number of rotatable bonds is 6. The molecule has 1 atom stereocenters. The maximum absolute atomic E-state index is 12.2. The standard InChI is InChI=1S/C19H23N3O4S/c1-25-16-4-2-15(3-5-16)21-19(24)18(23)20-12-17(14-6-11-27-13-14)22-7-9-26-10-8-22/h2-6,11,13,17H,7-10,12H2,1H3,(H,20,23)(H,21,24). The number of benzene rings is 1. The number of nitrogens with zero attached hydrogens (tertiary/aromatic N) is 1.